The van der Waals surface area contributed by atoms with Crippen molar-refractivity contribution in [3.05, 3.63) is 0 Å². The summed E-state index contributed by atoms with van der Waals surface area (Å²) in [5.41, 5.74) is 0. The molecule has 0 aromatic heterocycles. The van der Waals surface area contributed by atoms with Crippen LogP contribution in [0.5, 0.6) is 0 Å². The minimum absolute atomic E-state index is 0.645. The van der Waals surface area contributed by atoms with Gasteiger partial charge in [-0.05, 0) is 0 Å². The molecule has 0 heterocycles. The van der Waals surface area contributed by atoms with E-state index in [1.54, 1.807) is 0 Å². The van der Waals surface area contributed by atoms with Gasteiger partial charge >= 0.3 is 76.0 Å². The third-order valence-electron chi connectivity index (χ3n) is 1.80. The predicted molar refractivity (Wildman–Crippen MR) is 48.3 cm³/mol. The average Bonchev–Trinajstić information content (AvgIpc) is 1.99. The molecule has 0 N–H and O–H groups in total. The first-order valence-corrected chi connectivity index (χ1v) is 9.45. The molecule has 0 aromatic carbocycles. The summed E-state index contributed by atoms with van der Waals surface area (Å²) < 4.78 is 37.3. The van der Waals surface area contributed by atoms with E-state index in [0.29, 0.717) is 16.0 Å². The minimum atomic E-state index is -4.75. The Bertz CT molecular complexity index is 215. The molecule has 0 rings (SSSR count). The van der Waals surface area contributed by atoms with Crippen LogP contribution in [-0.2, 0) is 13.8 Å². The fraction of sp³-hybridized carbons (Fsp3) is 1.00. The van der Waals surface area contributed by atoms with Gasteiger partial charge in [0, 0.05) is 0 Å². The fourth-order valence-electron chi connectivity index (χ4n) is 0.929. The Morgan fingerprint density at radius 1 is 1.17 bits per heavy atom. The number of hydrogen-bond acceptors (Lipinski definition) is 3. The standard InChI is InChI=1S/C6H15FO3SSe/c1-4-12(5-2,6-3)10-11(7,8)9/h4-6H2,1-3H3. The predicted octanol–water partition coefficient (Wildman–Crippen LogP) is 2.22. The van der Waals surface area contributed by atoms with Crippen molar-refractivity contribution < 1.29 is 15.6 Å². The quantitative estimate of drug-likeness (QED) is 0.565. The summed E-state index contributed by atoms with van der Waals surface area (Å²) in [5.74, 6) is 0. The van der Waals surface area contributed by atoms with Crippen LogP contribution in [0.15, 0.2) is 0 Å². The maximum atomic E-state index is 12.2. The van der Waals surface area contributed by atoms with Crippen LogP contribution in [0.3, 0.4) is 0 Å². The van der Waals surface area contributed by atoms with E-state index >= 15 is 0 Å². The van der Waals surface area contributed by atoms with Crippen LogP contribution in [0.2, 0.25) is 16.0 Å². The molecular weight excluding hydrogens is 250 g/mol. The van der Waals surface area contributed by atoms with Crippen LogP contribution < -0.4 is 0 Å². The van der Waals surface area contributed by atoms with Crippen LogP contribution in [0.4, 0.5) is 3.89 Å². The van der Waals surface area contributed by atoms with E-state index in [-0.39, 0.29) is 0 Å². The summed E-state index contributed by atoms with van der Waals surface area (Å²) in [4.78, 5) is 0. The van der Waals surface area contributed by atoms with E-state index in [4.69, 9.17) is 0 Å². The molecule has 0 atom stereocenters. The molecule has 0 saturated carbocycles. The van der Waals surface area contributed by atoms with Crippen molar-refractivity contribution in [1.82, 2.24) is 0 Å². The third-order valence-corrected chi connectivity index (χ3v) is 11.7. The van der Waals surface area contributed by atoms with Crippen molar-refractivity contribution in [2.75, 3.05) is 0 Å². The van der Waals surface area contributed by atoms with E-state index in [0.717, 1.165) is 0 Å². The van der Waals surface area contributed by atoms with Gasteiger partial charge < -0.3 is 0 Å². The van der Waals surface area contributed by atoms with Gasteiger partial charge in [0.05, 0.1) is 0 Å². The summed E-state index contributed by atoms with van der Waals surface area (Å²) in [6, 6.07) is 0. The third kappa shape index (κ3) is 3.85. The van der Waals surface area contributed by atoms with Crippen LogP contribution in [0, 0.1) is 0 Å². The number of hydrogen-bond donors (Lipinski definition) is 0. The zero-order valence-electron chi connectivity index (χ0n) is 7.54. The summed E-state index contributed by atoms with van der Waals surface area (Å²) in [6.07, 6.45) is 0. The summed E-state index contributed by atoms with van der Waals surface area (Å²) >= 11 is -2.50. The summed E-state index contributed by atoms with van der Waals surface area (Å²) in [7, 11) is -4.75. The Balaban J connectivity index is 4.52. The average molecular weight is 265 g/mol. The monoisotopic (exact) mass is 266 g/mol. The SMILES string of the molecule is CC[Se](CC)(CC)OS(=O)(=O)F. The molecule has 0 bridgehead atoms. The Morgan fingerprint density at radius 2 is 1.50 bits per heavy atom. The van der Waals surface area contributed by atoms with E-state index in [2.05, 4.69) is 3.27 Å². The van der Waals surface area contributed by atoms with Crippen LogP contribution in [0.25, 0.3) is 0 Å². The maximum absolute atomic E-state index is 12.2. The molecular formula is C6H15FO3SSe. The summed E-state index contributed by atoms with van der Waals surface area (Å²) in [5, 5.41) is 1.94. The molecule has 6 heteroatoms. The van der Waals surface area contributed by atoms with Crippen molar-refractivity contribution in [3.8, 4) is 0 Å². The van der Waals surface area contributed by atoms with Gasteiger partial charge in [0.25, 0.3) is 0 Å². The van der Waals surface area contributed by atoms with E-state index < -0.39 is 23.7 Å². The van der Waals surface area contributed by atoms with Gasteiger partial charge in [-0.3, -0.25) is 0 Å². The van der Waals surface area contributed by atoms with Crippen molar-refractivity contribution in [2.24, 2.45) is 0 Å². The Kier molecular flexibility index (Phi) is 4.69. The first kappa shape index (κ1) is 12.4. The second kappa shape index (κ2) is 4.56. The molecule has 76 valence electrons. The fourth-order valence-corrected chi connectivity index (χ4v) is 8.12. The Labute approximate surface area is 76.3 Å². The molecule has 0 radical (unpaired) electrons. The molecule has 12 heavy (non-hydrogen) atoms. The summed E-state index contributed by atoms with van der Waals surface area (Å²) in [6.45, 7) is 5.54. The topological polar surface area (TPSA) is 43.4 Å². The van der Waals surface area contributed by atoms with Crippen molar-refractivity contribution >= 4 is 23.7 Å². The zero-order chi connectivity index (χ0) is 9.83. The number of halogens is 1. The molecule has 0 amide bonds. The first-order chi connectivity index (χ1) is 5.39. The van der Waals surface area contributed by atoms with Gasteiger partial charge in [0.1, 0.15) is 0 Å². The molecule has 0 aliphatic rings. The second-order valence-corrected chi connectivity index (χ2v) is 11.8. The molecule has 3 nitrogen and oxygen atoms in total. The van der Waals surface area contributed by atoms with E-state index in [1.165, 1.54) is 0 Å². The van der Waals surface area contributed by atoms with Gasteiger partial charge in [-0.25, -0.2) is 0 Å². The van der Waals surface area contributed by atoms with Crippen molar-refractivity contribution in [1.29, 1.82) is 0 Å². The van der Waals surface area contributed by atoms with Crippen LogP contribution in [-0.4, -0.2) is 21.6 Å². The Morgan fingerprint density at radius 3 is 1.58 bits per heavy atom. The number of rotatable bonds is 5. The molecule has 0 unspecified atom stereocenters. The van der Waals surface area contributed by atoms with Gasteiger partial charge in [-0.2, -0.15) is 0 Å². The van der Waals surface area contributed by atoms with Crippen LogP contribution >= 0.6 is 0 Å². The van der Waals surface area contributed by atoms with Gasteiger partial charge in [-0.1, -0.05) is 0 Å². The first-order valence-electron chi connectivity index (χ1n) is 3.81. The van der Waals surface area contributed by atoms with Gasteiger partial charge in [0.2, 0.25) is 0 Å². The zero-order valence-corrected chi connectivity index (χ0v) is 10.1. The molecule has 0 aliphatic carbocycles. The van der Waals surface area contributed by atoms with Crippen molar-refractivity contribution in [2.45, 2.75) is 36.7 Å². The molecule has 0 saturated heterocycles. The molecule has 0 spiro atoms. The Hall–Kier alpha value is 0.359. The van der Waals surface area contributed by atoms with Gasteiger partial charge in [-0.15, -0.1) is 0 Å². The van der Waals surface area contributed by atoms with Crippen molar-refractivity contribution in [3.63, 3.8) is 0 Å². The molecule has 0 fully saturated rings. The molecule has 0 aromatic rings. The molecule has 0 aliphatic heterocycles. The van der Waals surface area contributed by atoms with E-state index in [1.807, 2.05) is 20.8 Å². The van der Waals surface area contributed by atoms with Gasteiger partial charge in [0.15, 0.2) is 0 Å². The van der Waals surface area contributed by atoms with E-state index in [9.17, 15) is 12.3 Å². The van der Waals surface area contributed by atoms with Crippen LogP contribution in [0.1, 0.15) is 20.8 Å². The second-order valence-electron chi connectivity index (χ2n) is 2.29. The normalized spacial score (nSPS) is 14.7.